The van der Waals surface area contributed by atoms with E-state index in [2.05, 4.69) is 15.2 Å². The van der Waals surface area contributed by atoms with Crippen LogP contribution in [0.4, 0.5) is 0 Å². The number of morpholine rings is 1. The molecule has 1 aromatic heterocycles. The van der Waals surface area contributed by atoms with E-state index in [-0.39, 0.29) is 11.4 Å². The summed E-state index contributed by atoms with van der Waals surface area (Å²) < 4.78 is 5.46. The predicted molar refractivity (Wildman–Crippen MR) is 83.6 cm³/mol. The molecule has 1 aromatic rings. The lowest BCUT2D eigenvalue weighted by molar-refractivity contribution is -0.0129. The van der Waals surface area contributed by atoms with Crippen molar-refractivity contribution in [3.8, 4) is 0 Å². The maximum atomic E-state index is 12.2. The molecule has 1 unspecified atom stereocenters. The Morgan fingerprint density at radius 2 is 2.33 bits per heavy atom. The Hall–Kier alpha value is -1.11. The van der Waals surface area contributed by atoms with Crippen LogP contribution in [0.1, 0.15) is 16.8 Å². The van der Waals surface area contributed by atoms with Crippen LogP contribution in [0.25, 0.3) is 0 Å². The number of nitrogens with one attached hydrogen (secondary N) is 1. The topological polar surface area (TPSA) is 54.5 Å². The largest absolute Gasteiger partial charge is 0.379 e. The second-order valence-corrected chi connectivity index (χ2v) is 6.66. The molecule has 0 bridgehead atoms. The van der Waals surface area contributed by atoms with Gasteiger partial charge < -0.3 is 10.1 Å². The fourth-order valence-corrected chi connectivity index (χ4v) is 4.46. The van der Waals surface area contributed by atoms with Crippen LogP contribution in [0, 0.1) is 0 Å². The van der Waals surface area contributed by atoms with Crippen LogP contribution in [0.2, 0.25) is 0 Å². The molecule has 2 saturated heterocycles. The van der Waals surface area contributed by atoms with E-state index in [0.29, 0.717) is 12.1 Å². The van der Waals surface area contributed by atoms with Crippen molar-refractivity contribution < 1.29 is 9.53 Å². The molecule has 114 valence electrons. The molecule has 5 nitrogen and oxygen atoms in total. The number of pyridine rings is 1. The molecule has 0 aliphatic carbocycles. The van der Waals surface area contributed by atoms with Crippen LogP contribution in [0.15, 0.2) is 24.5 Å². The summed E-state index contributed by atoms with van der Waals surface area (Å²) in [6.07, 6.45) is 4.42. The minimum Gasteiger partial charge on any atom is -0.379 e. The second kappa shape index (κ2) is 6.77. The fourth-order valence-electron chi connectivity index (χ4n) is 2.98. The van der Waals surface area contributed by atoms with Crippen LogP contribution >= 0.6 is 11.8 Å². The van der Waals surface area contributed by atoms with Crippen LogP contribution < -0.4 is 5.32 Å². The molecule has 1 atom stereocenters. The number of amides is 1. The number of carbonyl (C=O) groups excluding carboxylic acids is 1. The summed E-state index contributed by atoms with van der Waals surface area (Å²) in [6, 6.07) is 3.59. The highest BCUT2D eigenvalue weighted by Crippen LogP contribution is 2.33. The van der Waals surface area contributed by atoms with Crippen molar-refractivity contribution in [3.05, 3.63) is 30.1 Å². The van der Waals surface area contributed by atoms with Gasteiger partial charge in [0.1, 0.15) is 0 Å². The van der Waals surface area contributed by atoms with Gasteiger partial charge in [-0.15, -0.1) is 0 Å². The Morgan fingerprint density at radius 1 is 1.48 bits per heavy atom. The minimum absolute atomic E-state index is 0.0346. The standard InChI is InChI=1S/C15H21N3O2S/c19-14(13-2-1-4-16-10-13)17-11-15(3-9-21-12-15)18-5-7-20-8-6-18/h1-2,4,10H,3,5-9,11-12H2,(H,17,19). The molecule has 0 spiro atoms. The molecule has 1 N–H and O–H groups in total. The summed E-state index contributed by atoms with van der Waals surface area (Å²) in [5.74, 6) is 2.22. The van der Waals surface area contributed by atoms with Crippen LogP contribution in [0.3, 0.4) is 0 Å². The number of thioether (sulfide) groups is 1. The third-order valence-corrected chi connectivity index (χ3v) is 5.50. The summed E-state index contributed by atoms with van der Waals surface area (Å²) in [4.78, 5) is 18.7. The monoisotopic (exact) mass is 307 g/mol. The van der Waals surface area contributed by atoms with E-state index in [9.17, 15) is 4.79 Å². The first-order valence-electron chi connectivity index (χ1n) is 7.39. The van der Waals surface area contributed by atoms with Gasteiger partial charge in [0.05, 0.1) is 18.8 Å². The highest BCUT2D eigenvalue weighted by Gasteiger charge is 2.40. The van der Waals surface area contributed by atoms with Gasteiger partial charge in [0.25, 0.3) is 5.91 Å². The van der Waals surface area contributed by atoms with Crippen molar-refractivity contribution in [2.24, 2.45) is 0 Å². The molecule has 2 aliphatic rings. The molecule has 6 heteroatoms. The number of hydrogen-bond acceptors (Lipinski definition) is 5. The number of ether oxygens (including phenoxy) is 1. The highest BCUT2D eigenvalue weighted by molar-refractivity contribution is 7.99. The fraction of sp³-hybridized carbons (Fsp3) is 0.600. The number of carbonyl (C=O) groups is 1. The third kappa shape index (κ3) is 3.39. The predicted octanol–water partition coefficient (Wildman–Crippen LogP) is 1.02. The zero-order valence-corrected chi connectivity index (χ0v) is 12.9. The van der Waals surface area contributed by atoms with E-state index >= 15 is 0 Å². The van der Waals surface area contributed by atoms with E-state index in [0.717, 1.165) is 38.5 Å². The molecule has 2 fully saturated rings. The number of rotatable bonds is 4. The number of nitrogens with zero attached hydrogens (tertiary/aromatic N) is 2. The van der Waals surface area contributed by atoms with Gasteiger partial charge in [0.2, 0.25) is 0 Å². The smallest absolute Gasteiger partial charge is 0.252 e. The number of hydrogen-bond donors (Lipinski definition) is 1. The van der Waals surface area contributed by atoms with Crippen molar-refractivity contribution in [3.63, 3.8) is 0 Å². The van der Waals surface area contributed by atoms with Gasteiger partial charge in [-0.25, -0.2) is 0 Å². The van der Waals surface area contributed by atoms with Crippen molar-refractivity contribution in [2.45, 2.75) is 12.0 Å². The lowest BCUT2D eigenvalue weighted by Gasteiger charge is -2.43. The first-order chi connectivity index (χ1) is 10.3. The Morgan fingerprint density at radius 3 is 3.00 bits per heavy atom. The van der Waals surface area contributed by atoms with E-state index in [1.807, 2.05) is 11.8 Å². The van der Waals surface area contributed by atoms with E-state index in [4.69, 9.17) is 4.74 Å². The van der Waals surface area contributed by atoms with Gasteiger partial charge in [-0.2, -0.15) is 11.8 Å². The summed E-state index contributed by atoms with van der Waals surface area (Å²) in [7, 11) is 0. The quantitative estimate of drug-likeness (QED) is 0.900. The molecular formula is C15H21N3O2S. The maximum absolute atomic E-state index is 12.2. The summed E-state index contributed by atoms with van der Waals surface area (Å²) in [6.45, 7) is 4.21. The van der Waals surface area contributed by atoms with Crippen molar-refractivity contribution in [2.75, 3.05) is 44.4 Å². The van der Waals surface area contributed by atoms with Gasteiger partial charge in [-0.05, 0) is 24.3 Å². The van der Waals surface area contributed by atoms with E-state index in [1.165, 1.54) is 5.75 Å². The molecule has 3 rings (SSSR count). The average molecular weight is 307 g/mol. The van der Waals surface area contributed by atoms with Crippen LogP contribution in [-0.4, -0.2) is 65.7 Å². The first-order valence-corrected chi connectivity index (χ1v) is 8.54. The average Bonchev–Trinajstić information content (AvgIpc) is 3.04. The lowest BCUT2D eigenvalue weighted by atomic mass is 9.95. The van der Waals surface area contributed by atoms with Crippen LogP contribution in [-0.2, 0) is 4.74 Å². The normalized spacial score (nSPS) is 26.7. The maximum Gasteiger partial charge on any atom is 0.252 e. The van der Waals surface area contributed by atoms with Crippen molar-refractivity contribution >= 4 is 17.7 Å². The molecular weight excluding hydrogens is 286 g/mol. The Labute approximate surface area is 129 Å². The van der Waals surface area contributed by atoms with Crippen molar-refractivity contribution in [1.82, 2.24) is 15.2 Å². The molecule has 0 aromatic carbocycles. The molecule has 21 heavy (non-hydrogen) atoms. The summed E-state index contributed by atoms with van der Waals surface area (Å²) >= 11 is 1.98. The first kappa shape index (κ1) is 14.8. The number of aromatic nitrogens is 1. The Kier molecular flexibility index (Phi) is 4.77. The van der Waals surface area contributed by atoms with Gasteiger partial charge in [-0.3, -0.25) is 14.7 Å². The van der Waals surface area contributed by atoms with Gasteiger partial charge in [0, 0.05) is 43.3 Å². The highest BCUT2D eigenvalue weighted by atomic mass is 32.2. The Balaban J connectivity index is 1.64. The molecule has 0 radical (unpaired) electrons. The zero-order chi connectivity index (χ0) is 14.5. The Bertz CT molecular complexity index is 471. The molecule has 2 aliphatic heterocycles. The zero-order valence-electron chi connectivity index (χ0n) is 12.1. The third-order valence-electron chi connectivity index (χ3n) is 4.27. The van der Waals surface area contributed by atoms with Gasteiger partial charge in [0.15, 0.2) is 0 Å². The minimum atomic E-state index is -0.0346. The van der Waals surface area contributed by atoms with E-state index < -0.39 is 0 Å². The molecule has 3 heterocycles. The molecule has 1 amide bonds. The second-order valence-electron chi connectivity index (χ2n) is 5.55. The SMILES string of the molecule is O=C(NCC1(N2CCOCC2)CCSC1)c1cccnc1. The van der Waals surface area contributed by atoms with Gasteiger partial charge in [-0.1, -0.05) is 0 Å². The van der Waals surface area contributed by atoms with Gasteiger partial charge >= 0.3 is 0 Å². The summed E-state index contributed by atoms with van der Waals surface area (Å²) in [5, 5.41) is 3.10. The lowest BCUT2D eigenvalue weighted by Crippen LogP contribution is -2.59. The summed E-state index contributed by atoms with van der Waals surface area (Å²) in [5.41, 5.74) is 0.715. The molecule has 0 saturated carbocycles. The van der Waals surface area contributed by atoms with Crippen LogP contribution in [0.5, 0.6) is 0 Å². The van der Waals surface area contributed by atoms with Crippen molar-refractivity contribution in [1.29, 1.82) is 0 Å². The van der Waals surface area contributed by atoms with E-state index in [1.54, 1.807) is 24.5 Å².